The van der Waals surface area contributed by atoms with E-state index < -0.39 is 11.8 Å². The number of esters is 1. The maximum atomic E-state index is 13.9. The molecule has 0 fully saturated rings. The first-order valence-corrected chi connectivity index (χ1v) is 8.48. The largest absolute Gasteiger partial charge is 0.425 e. The fraction of sp³-hybridized carbons (Fsp3) is 0.263. The molecule has 0 aromatic heterocycles. The van der Waals surface area contributed by atoms with Crippen LogP contribution in [0.3, 0.4) is 0 Å². The molecule has 0 saturated carbocycles. The van der Waals surface area contributed by atoms with Gasteiger partial charge in [0.25, 0.3) is 0 Å². The van der Waals surface area contributed by atoms with Crippen LogP contribution in [0.5, 0.6) is 5.75 Å². The summed E-state index contributed by atoms with van der Waals surface area (Å²) in [5.41, 5.74) is 3.20. The number of ether oxygens (including phenoxy) is 1. The van der Waals surface area contributed by atoms with Gasteiger partial charge >= 0.3 is 5.97 Å². The van der Waals surface area contributed by atoms with E-state index in [1.807, 2.05) is 32.9 Å². The second kappa shape index (κ2) is 7.62. The molecule has 0 saturated heterocycles. The van der Waals surface area contributed by atoms with Crippen LogP contribution in [-0.4, -0.2) is 17.5 Å². The normalized spacial score (nSPS) is 10.5. The van der Waals surface area contributed by atoms with Crippen molar-refractivity contribution in [1.29, 1.82) is 0 Å². The van der Waals surface area contributed by atoms with Crippen LogP contribution in [-0.2, 0) is 4.79 Å². The Kier molecular flexibility index (Phi) is 5.78. The zero-order chi connectivity index (χ0) is 17.9. The molecule has 0 N–H and O–H groups in total. The monoisotopic (exact) mass is 346 g/mol. The lowest BCUT2D eigenvalue weighted by Gasteiger charge is -2.11. The summed E-state index contributed by atoms with van der Waals surface area (Å²) in [6.45, 7) is 7.13. The third-order valence-corrected chi connectivity index (χ3v) is 4.53. The molecule has 0 aliphatic heterocycles. The van der Waals surface area contributed by atoms with E-state index >= 15 is 0 Å². The molecule has 0 aliphatic rings. The predicted molar refractivity (Wildman–Crippen MR) is 93.4 cm³/mol. The van der Waals surface area contributed by atoms with Gasteiger partial charge in [0.2, 0.25) is 0 Å². The summed E-state index contributed by atoms with van der Waals surface area (Å²) in [5.74, 6) is -0.606. The van der Waals surface area contributed by atoms with Gasteiger partial charge in [-0.1, -0.05) is 23.8 Å². The number of benzene rings is 2. The minimum atomic E-state index is -0.511. The van der Waals surface area contributed by atoms with E-state index in [1.165, 1.54) is 19.1 Å². The van der Waals surface area contributed by atoms with Gasteiger partial charge in [0.05, 0.1) is 5.75 Å². The average molecular weight is 346 g/mol. The summed E-state index contributed by atoms with van der Waals surface area (Å²) in [4.78, 5) is 23.6. The zero-order valence-electron chi connectivity index (χ0n) is 14.1. The van der Waals surface area contributed by atoms with Gasteiger partial charge in [-0.15, -0.1) is 11.8 Å². The van der Waals surface area contributed by atoms with Crippen LogP contribution in [0.1, 0.15) is 34.0 Å². The number of carbonyl (C=O) groups excluding carboxylic acids is 2. The van der Waals surface area contributed by atoms with Crippen LogP contribution < -0.4 is 4.74 Å². The molecule has 3 nitrogen and oxygen atoms in total. The average Bonchev–Trinajstić information content (AvgIpc) is 2.49. The maximum Gasteiger partial charge on any atom is 0.321 e. The molecule has 0 radical (unpaired) electrons. The van der Waals surface area contributed by atoms with Crippen LogP contribution in [0.25, 0.3) is 0 Å². The lowest BCUT2D eigenvalue weighted by molar-refractivity contribution is -0.131. The molecule has 0 amide bonds. The van der Waals surface area contributed by atoms with Crippen molar-refractivity contribution >= 4 is 23.5 Å². The van der Waals surface area contributed by atoms with E-state index in [-0.39, 0.29) is 11.5 Å². The summed E-state index contributed by atoms with van der Waals surface area (Å²) in [6.07, 6.45) is 0. The maximum absolute atomic E-state index is 13.9. The Bertz CT molecular complexity index is 776. The van der Waals surface area contributed by atoms with E-state index in [0.29, 0.717) is 16.2 Å². The molecule has 0 aliphatic carbocycles. The third-order valence-electron chi connectivity index (χ3n) is 3.50. The second-order valence-corrected chi connectivity index (χ2v) is 6.71. The SMILES string of the molecule is CC(=O)c1ccc(SCC(=O)Oc2c(C)cc(C)cc2C)c(F)c1. The highest BCUT2D eigenvalue weighted by molar-refractivity contribution is 8.00. The minimum absolute atomic E-state index is 0.0108. The summed E-state index contributed by atoms with van der Waals surface area (Å²) < 4.78 is 19.4. The number of ketones is 1. The summed E-state index contributed by atoms with van der Waals surface area (Å²) >= 11 is 1.05. The topological polar surface area (TPSA) is 43.4 Å². The number of Topliss-reactive ketones (excluding diaryl/α,β-unsaturated/α-hetero) is 1. The first-order valence-electron chi connectivity index (χ1n) is 7.49. The number of hydrogen-bond donors (Lipinski definition) is 0. The third kappa shape index (κ3) is 4.45. The fourth-order valence-corrected chi connectivity index (χ4v) is 3.14. The standard InChI is InChI=1S/C19H19FO3S/c1-11-7-12(2)19(13(3)8-11)23-18(22)10-24-17-6-5-15(14(4)21)9-16(17)20/h5-9H,10H2,1-4H3. The van der Waals surface area contributed by atoms with Crippen molar-refractivity contribution in [2.45, 2.75) is 32.6 Å². The van der Waals surface area contributed by atoms with Gasteiger partial charge in [0.15, 0.2) is 5.78 Å². The van der Waals surface area contributed by atoms with Gasteiger partial charge in [-0.25, -0.2) is 4.39 Å². The van der Waals surface area contributed by atoms with Crippen molar-refractivity contribution in [2.24, 2.45) is 0 Å². The Morgan fingerprint density at radius 3 is 2.25 bits per heavy atom. The Balaban J connectivity index is 2.03. The molecule has 0 spiro atoms. The van der Waals surface area contributed by atoms with Gasteiger partial charge in [-0.3, -0.25) is 9.59 Å². The lowest BCUT2D eigenvalue weighted by Crippen LogP contribution is -2.12. The number of halogens is 1. The van der Waals surface area contributed by atoms with Crippen molar-refractivity contribution < 1.29 is 18.7 Å². The summed E-state index contributed by atoms with van der Waals surface area (Å²) in [7, 11) is 0. The first kappa shape index (κ1) is 18.2. The highest BCUT2D eigenvalue weighted by Crippen LogP contribution is 2.27. The highest BCUT2D eigenvalue weighted by Gasteiger charge is 2.13. The molecule has 5 heteroatoms. The van der Waals surface area contributed by atoms with Gasteiger partial charge in [-0.05, 0) is 51.0 Å². The minimum Gasteiger partial charge on any atom is -0.425 e. The van der Waals surface area contributed by atoms with Crippen molar-refractivity contribution in [3.05, 3.63) is 58.4 Å². The number of carbonyl (C=O) groups is 2. The van der Waals surface area contributed by atoms with Crippen LogP contribution in [0.4, 0.5) is 4.39 Å². The lowest BCUT2D eigenvalue weighted by atomic mass is 10.1. The van der Waals surface area contributed by atoms with Crippen LogP contribution in [0.15, 0.2) is 35.2 Å². The quantitative estimate of drug-likeness (QED) is 0.342. The van der Waals surface area contributed by atoms with E-state index in [9.17, 15) is 14.0 Å². The smallest absolute Gasteiger partial charge is 0.321 e. The van der Waals surface area contributed by atoms with Crippen molar-refractivity contribution in [1.82, 2.24) is 0 Å². The molecular formula is C19H19FO3S. The molecule has 24 heavy (non-hydrogen) atoms. The first-order chi connectivity index (χ1) is 11.3. The van der Waals surface area contributed by atoms with Crippen LogP contribution in [0.2, 0.25) is 0 Å². The van der Waals surface area contributed by atoms with Gasteiger partial charge in [-0.2, -0.15) is 0 Å². The van der Waals surface area contributed by atoms with Crippen molar-refractivity contribution in [3.8, 4) is 5.75 Å². The molecule has 0 unspecified atom stereocenters. The fourth-order valence-electron chi connectivity index (χ4n) is 2.44. The molecule has 2 rings (SSSR count). The summed E-state index contributed by atoms with van der Waals surface area (Å²) in [5, 5.41) is 0. The van der Waals surface area contributed by atoms with Gasteiger partial charge in [0, 0.05) is 10.5 Å². The molecule has 0 heterocycles. The van der Waals surface area contributed by atoms with Gasteiger partial charge in [0.1, 0.15) is 11.6 Å². The second-order valence-electron chi connectivity index (χ2n) is 5.69. The van der Waals surface area contributed by atoms with Crippen LogP contribution in [0, 0.1) is 26.6 Å². The number of rotatable bonds is 5. The molecule has 0 atom stereocenters. The van der Waals surface area contributed by atoms with E-state index in [4.69, 9.17) is 4.74 Å². The summed E-state index contributed by atoms with van der Waals surface area (Å²) in [6, 6.07) is 8.13. The zero-order valence-corrected chi connectivity index (χ0v) is 14.9. The van der Waals surface area contributed by atoms with E-state index in [2.05, 4.69) is 0 Å². The number of thioether (sulfide) groups is 1. The van der Waals surface area contributed by atoms with E-state index in [1.54, 1.807) is 6.07 Å². The van der Waals surface area contributed by atoms with Crippen LogP contribution >= 0.6 is 11.8 Å². The van der Waals surface area contributed by atoms with E-state index in [0.717, 1.165) is 28.5 Å². The predicted octanol–water partition coefficient (Wildman–Crippen LogP) is 4.65. The Labute approximate surface area is 145 Å². The molecule has 2 aromatic carbocycles. The number of aryl methyl sites for hydroxylation is 3. The Morgan fingerprint density at radius 2 is 1.71 bits per heavy atom. The molecular weight excluding hydrogens is 327 g/mol. The Hall–Kier alpha value is -2.14. The molecule has 0 bridgehead atoms. The molecule has 2 aromatic rings. The number of hydrogen-bond acceptors (Lipinski definition) is 4. The van der Waals surface area contributed by atoms with Gasteiger partial charge < -0.3 is 4.74 Å². The molecule has 126 valence electrons. The van der Waals surface area contributed by atoms with Crippen molar-refractivity contribution in [2.75, 3.05) is 5.75 Å². The highest BCUT2D eigenvalue weighted by atomic mass is 32.2. The van der Waals surface area contributed by atoms with Crippen molar-refractivity contribution in [3.63, 3.8) is 0 Å². The Morgan fingerprint density at radius 1 is 1.08 bits per heavy atom.